The molecular weight excluding hydrogens is 227 g/mol. The van der Waals surface area contributed by atoms with E-state index in [1.54, 1.807) is 0 Å². The molecule has 1 atom stereocenters. The Morgan fingerprint density at radius 2 is 2.06 bits per heavy atom. The lowest BCUT2D eigenvalue weighted by Crippen LogP contribution is -2.24. The average molecular weight is 237 g/mol. The largest absolute Gasteiger partial charge is 0.481 e. The van der Waals surface area contributed by atoms with Crippen molar-refractivity contribution in [1.82, 2.24) is 5.16 Å². The number of alkyl halides is 3. The summed E-state index contributed by atoms with van der Waals surface area (Å²) in [5.41, 5.74) is -0.115. The SMILES string of the molecule is Cc1noc(C)c1C(CC(=O)O)C(F)(F)F. The topological polar surface area (TPSA) is 63.3 Å². The van der Waals surface area contributed by atoms with E-state index in [1.165, 1.54) is 13.8 Å². The Kier molecular flexibility index (Phi) is 3.25. The van der Waals surface area contributed by atoms with Gasteiger partial charge >= 0.3 is 12.1 Å². The van der Waals surface area contributed by atoms with Crippen molar-refractivity contribution >= 4 is 5.97 Å². The maximum Gasteiger partial charge on any atom is 0.396 e. The Morgan fingerprint density at radius 1 is 1.50 bits per heavy atom. The van der Waals surface area contributed by atoms with Gasteiger partial charge in [-0.15, -0.1) is 0 Å². The van der Waals surface area contributed by atoms with Crippen LogP contribution in [0.25, 0.3) is 0 Å². The third-order valence-corrected chi connectivity index (χ3v) is 2.21. The van der Waals surface area contributed by atoms with Gasteiger partial charge in [0.15, 0.2) is 0 Å². The lowest BCUT2D eigenvalue weighted by molar-refractivity contribution is -0.163. The minimum absolute atomic E-state index is 0.000995. The summed E-state index contributed by atoms with van der Waals surface area (Å²) in [5.74, 6) is -3.58. The quantitative estimate of drug-likeness (QED) is 0.876. The van der Waals surface area contributed by atoms with Gasteiger partial charge < -0.3 is 9.63 Å². The van der Waals surface area contributed by atoms with Crippen molar-refractivity contribution in [3.63, 3.8) is 0 Å². The van der Waals surface area contributed by atoms with E-state index < -0.39 is 24.5 Å². The van der Waals surface area contributed by atoms with E-state index in [0.717, 1.165) is 0 Å². The van der Waals surface area contributed by atoms with Gasteiger partial charge in [0.2, 0.25) is 0 Å². The van der Waals surface area contributed by atoms with Gasteiger partial charge in [-0.05, 0) is 13.8 Å². The molecule has 0 aliphatic heterocycles. The minimum atomic E-state index is -4.63. The normalized spacial score (nSPS) is 13.8. The number of carboxylic acid groups (broad SMARTS) is 1. The summed E-state index contributed by atoms with van der Waals surface area (Å²) in [6, 6.07) is 0. The number of nitrogens with zero attached hydrogens (tertiary/aromatic N) is 1. The molecule has 7 heteroatoms. The fourth-order valence-corrected chi connectivity index (χ4v) is 1.54. The van der Waals surface area contributed by atoms with Crippen molar-refractivity contribution in [3.8, 4) is 0 Å². The number of aryl methyl sites for hydroxylation is 2. The van der Waals surface area contributed by atoms with Crippen molar-refractivity contribution in [3.05, 3.63) is 17.0 Å². The molecule has 1 heterocycles. The third kappa shape index (κ3) is 2.53. The van der Waals surface area contributed by atoms with Crippen LogP contribution in [0.15, 0.2) is 4.52 Å². The van der Waals surface area contributed by atoms with Crippen molar-refractivity contribution < 1.29 is 27.6 Å². The monoisotopic (exact) mass is 237 g/mol. The first-order valence-electron chi connectivity index (χ1n) is 4.44. The molecule has 0 fully saturated rings. The molecule has 0 aliphatic carbocycles. The minimum Gasteiger partial charge on any atom is -0.481 e. The second-order valence-electron chi connectivity index (χ2n) is 3.43. The highest BCUT2D eigenvalue weighted by Crippen LogP contribution is 2.40. The van der Waals surface area contributed by atoms with Gasteiger partial charge in [-0.1, -0.05) is 5.16 Å². The van der Waals surface area contributed by atoms with Gasteiger partial charge in [-0.3, -0.25) is 4.79 Å². The Morgan fingerprint density at radius 3 is 2.38 bits per heavy atom. The van der Waals surface area contributed by atoms with Crippen LogP contribution in [0.4, 0.5) is 13.2 Å². The maximum atomic E-state index is 12.7. The number of carbonyl (C=O) groups is 1. The third-order valence-electron chi connectivity index (χ3n) is 2.21. The summed E-state index contributed by atoms with van der Waals surface area (Å²) in [6.45, 7) is 2.68. The van der Waals surface area contributed by atoms with E-state index >= 15 is 0 Å². The number of rotatable bonds is 3. The molecule has 0 aromatic carbocycles. The van der Waals surface area contributed by atoms with Gasteiger partial charge in [0.05, 0.1) is 18.0 Å². The molecule has 0 amide bonds. The second kappa shape index (κ2) is 4.15. The molecule has 0 radical (unpaired) electrons. The maximum absolute atomic E-state index is 12.7. The second-order valence-corrected chi connectivity index (χ2v) is 3.43. The van der Waals surface area contributed by atoms with Crippen LogP contribution in [0.2, 0.25) is 0 Å². The Hall–Kier alpha value is -1.53. The van der Waals surface area contributed by atoms with Crippen LogP contribution in [0.3, 0.4) is 0 Å². The summed E-state index contributed by atoms with van der Waals surface area (Å²) in [5, 5.41) is 11.9. The van der Waals surface area contributed by atoms with E-state index in [1.807, 2.05) is 0 Å². The zero-order valence-corrected chi connectivity index (χ0v) is 8.63. The van der Waals surface area contributed by atoms with E-state index in [9.17, 15) is 18.0 Å². The summed E-state index contributed by atoms with van der Waals surface area (Å²) < 4.78 is 42.6. The molecule has 90 valence electrons. The highest BCUT2D eigenvalue weighted by atomic mass is 19.4. The van der Waals surface area contributed by atoms with Crippen LogP contribution < -0.4 is 0 Å². The van der Waals surface area contributed by atoms with Crippen molar-refractivity contribution in [2.24, 2.45) is 0 Å². The standard InChI is InChI=1S/C9H10F3NO3/c1-4-8(5(2)16-13-4)6(3-7(14)15)9(10,11)12/h6H,3H2,1-2H3,(H,14,15). The molecule has 1 unspecified atom stereocenters. The van der Waals surface area contributed by atoms with Crippen LogP contribution >= 0.6 is 0 Å². The zero-order chi connectivity index (χ0) is 12.5. The average Bonchev–Trinajstić information content (AvgIpc) is 2.41. The summed E-state index contributed by atoms with van der Waals surface area (Å²) in [4.78, 5) is 10.4. The molecule has 4 nitrogen and oxygen atoms in total. The summed E-state index contributed by atoms with van der Waals surface area (Å²) >= 11 is 0. The zero-order valence-electron chi connectivity index (χ0n) is 8.63. The van der Waals surface area contributed by atoms with E-state index in [-0.39, 0.29) is 17.0 Å². The predicted molar refractivity (Wildman–Crippen MR) is 47.0 cm³/mol. The van der Waals surface area contributed by atoms with Gasteiger partial charge in [-0.2, -0.15) is 13.2 Å². The molecule has 0 saturated heterocycles. The van der Waals surface area contributed by atoms with Gasteiger partial charge in [0, 0.05) is 5.56 Å². The molecule has 0 saturated carbocycles. The Labute approximate surface area is 89.0 Å². The smallest absolute Gasteiger partial charge is 0.396 e. The highest BCUT2D eigenvalue weighted by Gasteiger charge is 2.44. The molecule has 0 spiro atoms. The molecule has 1 aromatic heterocycles. The number of halogens is 3. The lowest BCUT2D eigenvalue weighted by Gasteiger charge is -2.18. The first kappa shape index (κ1) is 12.5. The van der Waals surface area contributed by atoms with E-state index in [2.05, 4.69) is 9.68 Å². The Balaban J connectivity index is 3.16. The number of hydrogen-bond acceptors (Lipinski definition) is 3. The first-order chi connectivity index (χ1) is 7.23. The first-order valence-corrected chi connectivity index (χ1v) is 4.44. The fourth-order valence-electron chi connectivity index (χ4n) is 1.54. The molecule has 0 bridgehead atoms. The molecule has 1 rings (SSSR count). The summed E-state index contributed by atoms with van der Waals surface area (Å²) in [7, 11) is 0. The number of hydrogen-bond donors (Lipinski definition) is 1. The molecular formula is C9H10F3NO3. The molecule has 1 aromatic rings. The van der Waals surface area contributed by atoms with Gasteiger partial charge in [-0.25, -0.2) is 0 Å². The number of carboxylic acids is 1. The van der Waals surface area contributed by atoms with Crippen LogP contribution in [0.5, 0.6) is 0 Å². The van der Waals surface area contributed by atoms with Crippen LogP contribution in [-0.2, 0) is 4.79 Å². The van der Waals surface area contributed by atoms with Gasteiger partial charge in [0.1, 0.15) is 5.76 Å². The molecule has 1 N–H and O–H groups in total. The summed E-state index contributed by atoms with van der Waals surface area (Å²) in [6.07, 6.45) is -5.65. The number of aromatic nitrogens is 1. The van der Waals surface area contributed by atoms with Crippen LogP contribution in [-0.4, -0.2) is 22.4 Å². The van der Waals surface area contributed by atoms with Crippen molar-refractivity contribution in [2.45, 2.75) is 32.4 Å². The van der Waals surface area contributed by atoms with Gasteiger partial charge in [0.25, 0.3) is 0 Å². The van der Waals surface area contributed by atoms with Crippen molar-refractivity contribution in [1.29, 1.82) is 0 Å². The molecule has 0 aliphatic rings. The lowest BCUT2D eigenvalue weighted by atomic mass is 9.94. The number of aliphatic carboxylic acids is 1. The van der Waals surface area contributed by atoms with E-state index in [0.29, 0.717) is 0 Å². The van der Waals surface area contributed by atoms with Crippen LogP contribution in [0.1, 0.15) is 29.4 Å². The van der Waals surface area contributed by atoms with E-state index in [4.69, 9.17) is 5.11 Å². The Bertz CT molecular complexity index is 378. The fraction of sp³-hybridized carbons (Fsp3) is 0.556. The predicted octanol–water partition coefficient (Wildman–Crippen LogP) is 2.41. The van der Waals surface area contributed by atoms with Crippen molar-refractivity contribution in [2.75, 3.05) is 0 Å². The molecule has 16 heavy (non-hydrogen) atoms. The highest BCUT2D eigenvalue weighted by molar-refractivity contribution is 5.68. The van der Waals surface area contributed by atoms with Crippen LogP contribution in [0, 0.1) is 13.8 Å².